The number of methoxy groups -OCH3 is 1. The molecule has 0 radical (unpaired) electrons. The maximum Gasteiger partial charge on any atom is 0.269 e. The van der Waals surface area contributed by atoms with Gasteiger partial charge in [0.15, 0.2) is 0 Å². The fraction of sp³-hybridized carbons (Fsp3) is 0.538. The summed E-state index contributed by atoms with van der Waals surface area (Å²) in [4.78, 5) is 18.2. The van der Waals surface area contributed by atoms with E-state index in [1.165, 1.54) is 0 Å². The second-order valence-corrected chi connectivity index (χ2v) is 4.39. The number of anilines is 1. The minimum atomic E-state index is -0.163. The lowest BCUT2D eigenvalue weighted by atomic mass is 10.2. The predicted octanol–water partition coefficient (Wildman–Crippen LogP) is -0.133. The molecule has 1 amide bonds. The van der Waals surface area contributed by atoms with E-state index >= 15 is 0 Å². The van der Waals surface area contributed by atoms with Gasteiger partial charge >= 0.3 is 0 Å². The molecule has 1 aromatic rings. The first-order valence-corrected chi connectivity index (χ1v) is 6.50. The number of piperazine rings is 1. The molecule has 0 atom stereocenters. The number of hydrogen-bond acceptors (Lipinski definition) is 5. The number of aromatic nitrogens is 1. The van der Waals surface area contributed by atoms with E-state index in [4.69, 9.17) is 4.74 Å². The highest BCUT2D eigenvalue weighted by Crippen LogP contribution is 2.13. The van der Waals surface area contributed by atoms with Gasteiger partial charge in [0, 0.05) is 39.8 Å². The van der Waals surface area contributed by atoms with Crippen LogP contribution in [-0.4, -0.2) is 57.3 Å². The standard InChI is InChI=1S/C13H20N4O2/c1-19-9-6-15-13(18)12-3-2-11(10-16-12)17-7-4-14-5-8-17/h2-3,10,14H,4-9H2,1H3,(H,15,18). The number of ether oxygens (including phenoxy) is 1. The molecular formula is C13H20N4O2. The molecule has 0 unspecified atom stereocenters. The molecule has 0 saturated carbocycles. The minimum Gasteiger partial charge on any atom is -0.383 e. The van der Waals surface area contributed by atoms with Crippen LogP contribution in [0, 0.1) is 0 Å². The van der Waals surface area contributed by atoms with Crippen molar-refractivity contribution in [1.82, 2.24) is 15.6 Å². The molecule has 1 aromatic heterocycles. The first-order valence-electron chi connectivity index (χ1n) is 6.50. The Hall–Kier alpha value is -1.66. The molecule has 0 bridgehead atoms. The molecule has 1 aliphatic rings. The smallest absolute Gasteiger partial charge is 0.269 e. The van der Waals surface area contributed by atoms with Gasteiger partial charge in [0.25, 0.3) is 5.91 Å². The summed E-state index contributed by atoms with van der Waals surface area (Å²) in [5, 5.41) is 6.05. The molecule has 1 saturated heterocycles. The largest absolute Gasteiger partial charge is 0.383 e. The Morgan fingerprint density at radius 3 is 2.89 bits per heavy atom. The Balaban J connectivity index is 1.91. The van der Waals surface area contributed by atoms with Crippen LogP contribution in [0.5, 0.6) is 0 Å². The highest BCUT2D eigenvalue weighted by molar-refractivity contribution is 5.92. The van der Waals surface area contributed by atoms with Crippen LogP contribution in [0.2, 0.25) is 0 Å². The third-order valence-corrected chi connectivity index (χ3v) is 3.05. The second kappa shape index (κ2) is 7.06. The van der Waals surface area contributed by atoms with Crippen LogP contribution in [0.25, 0.3) is 0 Å². The number of hydrogen-bond donors (Lipinski definition) is 2. The van der Waals surface area contributed by atoms with Gasteiger partial charge in [-0.25, -0.2) is 4.98 Å². The third-order valence-electron chi connectivity index (χ3n) is 3.05. The third kappa shape index (κ3) is 3.90. The zero-order valence-corrected chi connectivity index (χ0v) is 11.2. The van der Waals surface area contributed by atoms with E-state index in [2.05, 4.69) is 20.5 Å². The summed E-state index contributed by atoms with van der Waals surface area (Å²) in [5.41, 5.74) is 1.50. The highest BCUT2D eigenvalue weighted by Gasteiger charge is 2.12. The fourth-order valence-electron chi connectivity index (χ4n) is 1.99. The van der Waals surface area contributed by atoms with Crippen molar-refractivity contribution in [2.45, 2.75) is 0 Å². The normalized spacial score (nSPS) is 15.3. The van der Waals surface area contributed by atoms with Crippen molar-refractivity contribution >= 4 is 11.6 Å². The van der Waals surface area contributed by atoms with Crippen molar-refractivity contribution in [3.05, 3.63) is 24.0 Å². The maximum absolute atomic E-state index is 11.8. The summed E-state index contributed by atoms with van der Waals surface area (Å²) < 4.78 is 4.88. The van der Waals surface area contributed by atoms with Crippen molar-refractivity contribution < 1.29 is 9.53 Å². The quantitative estimate of drug-likeness (QED) is 0.725. The van der Waals surface area contributed by atoms with Gasteiger partial charge in [-0.2, -0.15) is 0 Å². The van der Waals surface area contributed by atoms with E-state index in [1.807, 2.05) is 6.07 Å². The minimum absolute atomic E-state index is 0.163. The lowest BCUT2D eigenvalue weighted by Crippen LogP contribution is -2.43. The van der Waals surface area contributed by atoms with Crippen LogP contribution < -0.4 is 15.5 Å². The van der Waals surface area contributed by atoms with Gasteiger partial charge in [-0.15, -0.1) is 0 Å². The molecule has 1 fully saturated rings. The first-order chi connectivity index (χ1) is 9.31. The number of carbonyl (C=O) groups excluding carboxylic acids is 1. The number of nitrogens with zero attached hydrogens (tertiary/aromatic N) is 2. The van der Waals surface area contributed by atoms with Gasteiger partial charge in [0.1, 0.15) is 5.69 Å². The molecule has 19 heavy (non-hydrogen) atoms. The summed E-state index contributed by atoms with van der Waals surface area (Å²) in [7, 11) is 1.60. The zero-order chi connectivity index (χ0) is 13.5. The Morgan fingerprint density at radius 1 is 1.47 bits per heavy atom. The Bertz CT molecular complexity index is 402. The molecule has 104 valence electrons. The molecular weight excluding hydrogens is 244 g/mol. The number of pyridine rings is 1. The van der Waals surface area contributed by atoms with Crippen molar-refractivity contribution in [2.24, 2.45) is 0 Å². The van der Waals surface area contributed by atoms with Crippen molar-refractivity contribution in [3.63, 3.8) is 0 Å². The molecule has 6 nitrogen and oxygen atoms in total. The van der Waals surface area contributed by atoms with E-state index in [1.54, 1.807) is 19.4 Å². The van der Waals surface area contributed by atoms with Crippen LogP contribution in [0.15, 0.2) is 18.3 Å². The SMILES string of the molecule is COCCNC(=O)c1ccc(N2CCNCC2)cn1. The maximum atomic E-state index is 11.8. The number of carbonyl (C=O) groups is 1. The monoisotopic (exact) mass is 264 g/mol. The summed E-state index contributed by atoms with van der Waals surface area (Å²) >= 11 is 0. The van der Waals surface area contributed by atoms with Gasteiger partial charge in [0.2, 0.25) is 0 Å². The van der Waals surface area contributed by atoms with Gasteiger partial charge in [-0.05, 0) is 12.1 Å². The summed E-state index contributed by atoms with van der Waals surface area (Å²) in [6, 6.07) is 3.71. The molecule has 6 heteroatoms. The van der Waals surface area contributed by atoms with Crippen LogP contribution in [0.4, 0.5) is 5.69 Å². The predicted molar refractivity (Wildman–Crippen MR) is 73.5 cm³/mol. The van der Waals surface area contributed by atoms with Gasteiger partial charge in [0.05, 0.1) is 18.5 Å². The molecule has 2 rings (SSSR count). The van der Waals surface area contributed by atoms with E-state index in [9.17, 15) is 4.79 Å². The summed E-state index contributed by atoms with van der Waals surface area (Å²) in [6.07, 6.45) is 1.76. The van der Waals surface area contributed by atoms with Crippen molar-refractivity contribution in [2.75, 3.05) is 51.3 Å². The van der Waals surface area contributed by atoms with Crippen LogP contribution >= 0.6 is 0 Å². The van der Waals surface area contributed by atoms with E-state index in [-0.39, 0.29) is 5.91 Å². The average molecular weight is 264 g/mol. The zero-order valence-electron chi connectivity index (χ0n) is 11.2. The van der Waals surface area contributed by atoms with Crippen LogP contribution in [0.3, 0.4) is 0 Å². The molecule has 1 aliphatic heterocycles. The van der Waals surface area contributed by atoms with E-state index in [0.29, 0.717) is 18.8 Å². The molecule has 0 spiro atoms. The van der Waals surface area contributed by atoms with Gasteiger partial charge in [-0.3, -0.25) is 4.79 Å². The lowest BCUT2D eigenvalue weighted by Gasteiger charge is -2.29. The van der Waals surface area contributed by atoms with Gasteiger partial charge < -0.3 is 20.3 Å². The Morgan fingerprint density at radius 2 is 2.26 bits per heavy atom. The molecule has 2 N–H and O–H groups in total. The van der Waals surface area contributed by atoms with Crippen LogP contribution in [0.1, 0.15) is 10.5 Å². The highest BCUT2D eigenvalue weighted by atomic mass is 16.5. The van der Waals surface area contributed by atoms with E-state index < -0.39 is 0 Å². The first kappa shape index (κ1) is 13.8. The molecule has 0 aromatic carbocycles. The molecule has 2 heterocycles. The Labute approximate surface area is 113 Å². The fourth-order valence-corrected chi connectivity index (χ4v) is 1.99. The van der Waals surface area contributed by atoms with E-state index in [0.717, 1.165) is 31.9 Å². The molecule has 0 aliphatic carbocycles. The Kier molecular flexibility index (Phi) is 5.11. The number of rotatable bonds is 5. The second-order valence-electron chi connectivity index (χ2n) is 4.39. The lowest BCUT2D eigenvalue weighted by molar-refractivity contribution is 0.0932. The number of nitrogens with one attached hydrogen (secondary N) is 2. The number of amides is 1. The summed E-state index contributed by atoms with van der Waals surface area (Å²) in [6.45, 7) is 4.92. The van der Waals surface area contributed by atoms with Crippen LogP contribution in [-0.2, 0) is 4.74 Å². The topological polar surface area (TPSA) is 66.5 Å². The average Bonchev–Trinajstić information content (AvgIpc) is 2.48. The van der Waals surface area contributed by atoms with Crippen molar-refractivity contribution in [3.8, 4) is 0 Å². The van der Waals surface area contributed by atoms with Gasteiger partial charge in [-0.1, -0.05) is 0 Å². The summed E-state index contributed by atoms with van der Waals surface area (Å²) in [5.74, 6) is -0.163. The van der Waals surface area contributed by atoms with Crippen molar-refractivity contribution in [1.29, 1.82) is 0 Å².